The van der Waals surface area contributed by atoms with Crippen LogP contribution in [0.4, 0.5) is 0 Å². The molecule has 16 heteroatoms. The second-order valence-electron chi connectivity index (χ2n) is 10.5. The quantitative estimate of drug-likeness (QED) is 0.239. The zero-order chi connectivity index (χ0) is 35.7. The lowest BCUT2D eigenvalue weighted by Crippen LogP contribution is -2.37. The Labute approximate surface area is 286 Å². The van der Waals surface area contributed by atoms with Gasteiger partial charge in [0.25, 0.3) is 10.1 Å². The number of sulfone groups is 2. The Balaban J connectivity index is 0.000000212. The summed E-state index contributed by atoms with van der Waals surface area (Å²) in [5.41, 5.74) is 4.50. The molecule has 4 aromatic carbocycles. The molecular weight excluding hydrogens is 697 g/mol. The molecule has 0 radical (unpaired) electrons. The first-order valence-corrected chi connectivity index (χ1v) is 19.7. The van der Waals surface area contributed by atoms with Gasteiger partial charge in [-0.1, -0.05) is 36.4 Å². The first kappa shape index (κ1) is 37.6. The highest BCUT2D eigenvalue weighted by molar-refractivity contribution is 7.91. The van der Waals surface area contributed by atoms with Crippen LogP contribution < -0.4 is 30.0 Å². The van der Waals surface area contributed by atoms with Gasteiger partial charge in [-0.05, 0) is 62.6 Å². The molecule has 4 aromatic rings. The minimum absolute atomic E-state index is 0.0609. The van der Waals surface area contributed by atoms with Gasteiger partial charge >= 0.3 is 0 Å². The summed E-state index contributed by atoms with van der Waals surface area (Å²) in [6, 6.07) is 25.4. The van der Waals surface area contributed by atoms with Gasteiger partial charge in [0.15, 0.2) is 29.1 Å². The molecule has 0 fully saturated rings. The molecule has 13 nitrogen and oxygen atoms in total. The Hall–Kier alpha value is -4.19. The van der Waals surface area contributed by atoms with Gasteiger partial charge in [-0.3, -0.25) is 4.18 Å². The molecule has 0 bridgehead atoms. The molecule has 2 aliphatic heterocycles. The second-order valence-corrected chi connectivity index (χ2v) is 16.0. The minimum Gasteiger partial charge on any atom is -0.486 e. The SMILES string of the molecule is CN.CNC[C@@H]1COc2ccc(S(=O)(=O)c3ccccc3)cc2O1.CS(=O)(=O)OC[C@@H]1COc2ccc(S(=O)(=O)c3ccccc3)cc2O1. The minimum atomic E-state index is -3.69. The lowest BCUT2D eigenvalue weighted by atomic mass is 10.2. The van der Waals surface area contributed by atoms with E-state index in [0.29, 0.717) is 30.4 Å². The molecule has 0 saturated carbocycles. The van der Waals surface area contributed by atoms with Crippen molar-refractivity contribution >= 4 is 29.8 Å². The van der Waals surface area contributed by atoms with Crippen LogP contribution in [0.5, 0.6) is 23.0 Å². The molecule has 0 amide bonds. The molecular formula is C33H38N2O11S3. The summed E-state index contributed by atoms with van der Waals surface area (Å²) in [4.78, 5) is 0.693. The lowest BCUT2D eigenvalue weighted by molar-refractivity contribution is 0.0555. The maximum atomic E-state index is 12.7. The van der Waals surface area contributed by atoms with Crippen LogP contribution in [-0.2, 0) is 34.0 Å². The van der Waals surface area contributed by atoms with Crippen LogP contribution >= 0.6 is 0 Å². The standard InChI is InChI=1S/C16H17NO4S.C16H16O7S2.CH5N/c1-17-10-12-11-20-15-8-7-14(9-16(15)21-12)22(18,19)13-5-3-2-4-6-13;1-24(17,18)22-11-12-10-21-15-8-7-14(9-16(15)23-12)25(19,20)13-5-3-2-4-6-13;1-2/h2-9,12,17H,10-11H2,1H3;2-9,12H,10-11H2,1H3;2H2,1H3/t2*12-;/m10./s1. The fourth-order valence-corrected chi connectivity index (χ4v) is 7.60. The first-order valence-electron chi connectivity index (χ1n) is 14.9. The van der Waals surface area contributed by atoms with Crippen molar-refractivity contribution in [2.75, 3.05) is 46.7 Å². The molecule has 2 atom stereocenters. The van der Waals surface area contributed by atoms with Gasteiger partial charge in [0.2, 0.25) is 19.7 Å². The molecule has 264 valence electrons. The van der Waals surface area contributed by atoms with Crippen molar-refractivity contribution in [2.24, 2.45) is 5.73 Å². The molecule has 0 saturated heterocycles. The van der Waals surface area contributed by atoms with Gasteiger partial charge in [0, 0.05) is 18.7 Å². The van der Waals surface area contributed by atoms with Crippen molar-refractivity contribution in [1.82, 2.24) is 5.32 Å². The summed E-state index contributed by atoms with van der Waals surface area (Å²) in [6.45, 7) is 0.967. The van der Waals surface area contributed by atoms with E-state index in [0.717, 1.165) is 6.26 Å². The number of rotatable bonds is 9. The van der Waals surface area contributed by atoms with Gasteiger partial charge in [-0.25, -0.2) is 16.8 Å². The zero-order valence-corrected chi connectivity index (χ0v) is 29.5. The Morgan fingerprint density at radius 2 is 1.06 bits per heavy atom. The first-order chi connectivity index (χ1) is 23.4. The predicted octanol–water partition coefficient (Wildman–Crippen LogP) is 3.09. The maximum Gasteiger partial charge on any atom is 0.264 e. The van der Waals surface area contributed by atoms with Gasteiger partial charge in [-0.15, -0.1) is 0 Å². The topological polar surface area (TPSA) is 187 Å². The average Bonchev–Trinajstić information content (AvgIpc) is 3.12. The summed E-state index contributed by atoms with van der Waals surface area (Å²) in [5, 5.41) is 3.02. The molecule has 6 rings (SSSR count). The van der Waals surface area contributed by atoms with Crippen LogP contribution in [0, 0.1) is 0 Å². The van der Waals surface area contributed by atoms with Gasteiger partial charge in [0.1, 0.15) is 25.9 Å². The van der Waals surface area contributed by atoms with Crippen molar-refractivity contribution in [1.29, 1.82) is 0 Å². The molecule has 2 aliphatic rings. The molecule has 0 unspecified atom stereocenters. The highest BCUT2D eigenvalue weighted by Gasteiger charge is 2.27. The van der Waals surface area contributed by atoms with Crippen molar-refractivity contribution < 1.29 is 48.4 Å². The molecule has 0 aliphatic carbocycles. The van der Waals surface area contributed by atoms with E-state index in [1.54, 1.807) is 60.7 Å². The Morgan fingerprint density at radius 1 is 0.633 bits per heavy atom. The number of ether oxygens (including phenoxy) is 4. The van der Waals surface area contributed by atoms with E-state index in [9.17, 15) is 25.3 Å². The van der Waals surface area contributed by atoms with E-state index in [1.807, 2.05) is 7.05 Å². The van der Waals surface area contributed by atoms with Gasteiger partial charge < -0.3 is 30.0 Å². The zero-order valence-electron chi connectivity index (χ0n) is 27.0. The smallest absolute Gasteiger partial charge is 0.264 e. The largest absolute Gasteiger partial charge is 0.486 e. The molecule has 49 heavy (non-hydrogen) atoms. The van der Waals surface area contributed by atoms with Crippen molar-refractivity contribution in [2.45, 2.75) is 31.8 Å². The number of hydrogen-bond donors (Lipinski definition) is 2. The number of nitrogens with one attached hydrogen (secondary N) is 1. The summed E-state index contributed by atoms with van der Waals surface area (Å²) in [5.74, 6) is 1.65. The van der Waals surface area contributed by atoms with E-state index in [2.05, 4.69) is 11.1 Å². The van der Waals surface area contributed by atoms with E-state index in [4.69, 9.17) is 23.1 Å². The van der Waals surface area contributed by atoms with Crippen molar-refractivity contribution in [3.8, 4) is 23.0 Å². The highest BCUT2D eigenvalue weighted by Crippen LogP contribution is 2.36. The van der Waals surface area contributed by atoms with E-state index >= 15 is 0 Å². The fourth-order valence-electron chi connectivity index (χ4n) is 4.61. The number of fused-ring (bicyclic) bond motifs is 2. The monoisotopic (exact) mass is 734 g/mol. The molecule has 0 aromatic heterocycles. The third kappa shape index (κ3) is 9.71. The van der Waals surface area contributed by atoms with Gasteiger partial charge in [0.05, 0.1) is 25.8 Å². The maximum absolute atomic E-state index is 12.7. The summed E-state index contributed by atoms with van der Waals surface area (Å²) < 4.78 is 99.9. The second kappa shape index (κ2) is 16.5. The van der Waals surface area contributed by atoms with Gasteiger partial charge in [-0.2, -0.15) is 8.42 Å². The Morgan fingerprint density at radius 3 is 1.49 bits per heavy atom. The van der Waals surface area contributed by atoms with E-state index in [1.165, 1.54) is 43.4 Å². The van der Waals surface area contributed by atoms with E-state index in [-0.39, 0.29) is 44.6 Å². The van der Waals surface area contributed by atoms with Crippen LogP contribution in [0.2, 0.25) is 0 Å². The van der Waals surface area contributed by atoms with Crippen LogP contribution in [0.25, 0.3) is 0 Å². The summed E-state index contributed by atoms with van der Waals surface area (Å²) in [6.07, 6.45) is 0.152. The number of likely N-dealkylation sites (N-methyl/N-ethyl adjacent to an activating group) is 1. The predicted molar refractivity (Wildman–Crippen MR) is 181 cm³/mol. The third-order valence-corrected chi connectivity index (χ3v) is 11.0. The Kier molecular flexibility index (Phi) is 12.7. The lowest BCUT2D eigenvalue weighted by Gasteiger charge is -2.26. The van der Waals surface area contributed by atoms with Crippen LogP contribution in [0.1, 0.15) is 0 Å². The van der Waals surface area contributed by atoms with Crippen molar-refractivity contribution in [3.63, 3.8) is 0 Å². The average molecular weight is 735 g/mol. The number of benzene rings is 4. The third-order valence-electron chi connectivity index (χ3n) is 6.89. The van der Waals surface area contributed by atoms with E-state index < -0.39 is 35.9 Å². The van der Waals surface area contributed by atoms with Crippen LogP contribution in [0.15, 0.2) is 117 Å². The Bertz CT molecular complexity index is 2030. The van der Waals surface area contributed by atoms with Crippen molar-refractivity contribution in [3.05, 3.63) is 97.1 Å². The molecule has 3 N–H and O–H groups in total. The molecule has 2 heterocycles. The summed E-state index contributed by atoms with van der Waals surface area (Å²) in [7, 11) is -7.51. The van der Waals surface area contributed by atoms with Crippen LogP contribution in [0.3, 0.4) is 0 Å². The fraction of sp³-hybridized carbons (Fsp3) is 0.273. The highest BCUT2D eigenvalue weighted by atomic mass is 32.2. The molecule has 0 spiro atoms. The number of hydrogen-bond acceptors (Lipinski definition) is 13. The summed E-state index contributed by atoms with van der Waals surface area (Å²) >= 11 is 0. The van der Waals surface area contributed by atoms with Crippen LogP contribution in [-0.4, -0.2) is 84.2 Å². The number of nitrogens with two attached hydrogens (primary N) is 1. The normalized spacial score (nSPS) is 16.7.